The summed E-state index contributed by atoms with van der Waals surface area (Å²) in [5.74, 6) is 0.948. The van der Waals surface area contributed by atoms with E-state index in [-0.39, 0.29) is 6.04 Å². The Bertz CT molecular complexity index is 641. The smallest absolute Gasteiger partial charge is 0.142 e. The molecule has 0 saturated heterocycles. The van der Waals surface area contributed by atoms with E-state index in [1.807, 2.05) is 6.07 Å². The zero-order valence-electron chi connectivity index (χ0n) is 11.1. The first-order valence-corrected chi connectivity index (χ1v) is 7.00. The molecule has 0 radical (unpaired) electrons. The summed E-state index contributed by atoms with van der Waals surface area (Å²) in [5, 5.41) is 10.5. The highest BCUT2D eigenvalue weighted by Crippen LogP contribution is 2.35. The van der Waals surface area contributed by atoms with E-state index < -0.39 is 0 Å². The molecule has 4 heteroatoms. The van der Waals surface area contributed by atoms with Crippen LogP contribution in [0.3, 0.4) is 0 Å². The van der Waals surface area contributed by atoms with Crippen LogP contribution in [0, 0.1) is 0 Å². The fourth-order valence-corrected chi connectivity index (χ4v) is 2.79. The topological polar surface area (TPSA) is 45.3 Å². The summed E-state index contributed by atoms with van der Waals surface area (Å²) in [7, 11) is 0. The van der Waals surface area contributed by atoms with Gasteiger partial charge in [-0.3, -0.25) is 0 Å². The number of ether oxygens (including phenoxy) is 1. The third-order valence-corrected chi connectivity index (χ3v) is 3.83. The van der Waals surface area contributed by atoms with Crippen LogP contribution in [0.25, 0.3) is 0 Å². The molecular formula is C16H17N3O. The Hall–Kier alpha value is -2.36. The van der Waals surface area contributed by atoms with Crippen molar-refractivity contribution >= 4 is 17.1 Å². The number of anilines is 3. The lowest BCUT2D eigenvalue weighted by Crippen LogP contribution is -2.26. The van der Waals surface area contributed by atoms with Crippen LogP contribution in [0.5, 0.6) is 5.75 Å². The molecule has 3 N–H and O–H groups in total. The third-order valence-electron chi connectivity index (χ3n) is 3.83. The first-order valence-electron chi connectivity index (χ1n) is 7.00. The molecular weight excluding hydrogens is 250 g/mol. The molecule has 0 spiro atoms. The van der Waals surface area contributed by atoms with Crippen LogP contribution >= 0.6 is 0 Å². The fraction of sp³-hybridized carbons (Fsp3) is 0.250. The van der Waals surface area contributed by atoms with Crippen LogP contribution in [0.15, 0.2) is 42.5 Å². The molecule has 0 aromatic heterocycles. The summed E-state index contributed by atoms with van der Waals surface area (Å²) in [6.07, 6.45) is 0. The minimum atomic E-state index is 0.277. The van der Waals surface area contributed by atoms with Gasteiger partial charge in [-0.05, 0) is 29.8 Å². The maximum absolute atomic E-state index is 5.62. The number of hydrogen-bond acceptors (Lipinski definition) is 4. The first-order chi connectivity index (χ1) is 9.90. The minimum Gasteiger partial charge on any atom is -0.490 e. The lowest BCUT2D eigenvalue weighted by molar-refractivity contribution is 0.323. The number of nitrogens with one attached hydrogen (secondary N) is 3. The molecule has 102 valence electrons. The molecule has 0 amide bonds. The quantitative estimate of drug-likeness (QED) is 0.743. The number of para-hydroxylation sites is 2. The molecule has 2 aliphatic heterocycles. The van der Waals surface area contributed by atoms with Gasteiger partial charge in [-0.1, -0.05) is 18.2 Å². The Balaban J connectivity index is 1.63. The van der Waals surface area contributed by atoms with Crippen molar-refractivity contribution in [3.63, 3.8) is 0 Å². The van der Waals surface area contributed by atoms with Gasteiger partial charge >= 0.3 is 0 Å². The fourth-order valence-electron chi connectivity index (χ4n) is 2.79. The van der Waals surface area contributed by atoms with E-state index in [4.69, 9.17) is 4.74 Å². The van der Waals surface area contributed by atoms with Gasteiger partial charge in [-0.2, -0.15) is 0 Å². The molecule has 20 heavy (non-hydrogen) atoms. The largest absolute Gasteiger partial charge is 0.490 e. The van der Waals surface area contributed by atoms with Crippen molar-refractivity contribution in [3.8, 4) is 5.75 Å². The van der Waals surface area contributed by atoms with Crippen LogP contribution in [-0.2, 0) is 0 Å². The van der Waals surface area contributed by atoms with Crippen molar-refractivity contribution < 1.29 is 4.74 Å². The van der Waals surface area contributed by atoms with E-state index in [1.54, 1.807) is 0 Å². The van der Waals surface area contributed by atoms with Gasteiger partial charge in [0.15, 0.2) is 0 Å². The molecule has 4 rings (SSSR count). The Labute approximate surface area is 118 Å². The van der Waals surface area contributed by atoms with Crippen LogP contribution < -0.4 is 20.7 Å². The molecule has 0 aliphatic carbocycles. The molecule has 2 aromatic rings. The minimum absolute atomic E-state index is 0.277. The lowest BCUT2D eigenvalue weighted by Gasteiger charge is -2.29. The second kappa shape index (κ2) is 4.63. The van der Waals surface area contributed by atoms with E-state index in [0.29, 0.717) is 0 Å². The van der Waals surface area contributed by atoms with E-state index in [1.165, 1.54) is 11.3 Å². The molecule has 1 atom stereocenters. The highest BCUT2D eigenvalue weighted by atomic mass is 16.5. The highest BCUT2D eigenvalue weighted by molar-refractivity contribution is 5.72. The van der Waals surface area contributed by atoms with E-state index in [2.05, 4.69) is 52.3 Å². The molecule has 4 nitrogen and oxygen atoms in total. The van der Waals surface area contributed by atoms with E-state index >= 15 is 0 Å². The van der Waals surface area contributed by atoms with Gasteiger partial charge in [0, 0.05) is 13.1 Å². The number of fused-ring (bicyclic) bond motifs is 2. The van der Waals surface area contributed by atoms with Crippen molar-refractivity contribution in [2.24, 2.45) is 0 Å². The normalized spacial score (nSPS) is 19.5. The summed E-state index contributed by atoms with van der Waals surface area (Å²) < 4.78 is 5.62. The number of rotatable bonds is 1. The van der Waals surface area contributed by atoms with Gasteiger partial charge in [0.2, 0.25) is 0 Å². The lowest BCUT2D eigenvalue weighted by atomic mass is 10.0. The monoisotopic (exact) mass is 267 g/mol. The number of benzene rings is 2. The van der Waals surface area contributed by atoms with Gasteiger partial charge in [0.05, 0.1) is 23.1 Å². The van der Waals surface area contributed by atoms with E-state index in [0.717, 1.165) is 36.8 Å². The van der Waals surface area contributed by atoms with Gasteiger partial charge in [0.1, 0.15) is 12.4 Å². The van der Waals surface area contributed by atoms with Gasteiger partial charge < -0.3 is 20.7 Å². The van der Waals surface area contributed by atoms with Crippen molar-refractivity contribution in [3.05, 3.63) is 48.0 Å². The SMILES string of the molecule is c1ccc2c(c1)NCC(c1ccc3c(c1)NCCO3)N2. The highest BCUT2D eigenvalue weighted by Gasteiger charge is 2.20. The van der Waals surface area contributed by atoms with Crippen LogP contribution in [0.1, 0.15) is 11.6 Å². The van der Waals surface area contributed by atoms with Crippen molar-refractivity contribution in [2.45, 2.75) is 6.04 Å². The maximum atomic E-state index is 5.62. The molecule has 2 aliphatic rings. The molecule has 0 bridgehead atoms. The van der Waals surface area contributed by atoms with Crippen molar-refractivity contribution in [2.75, 3.05) is 35.6 Å². The Morgan fingerprint density at radius 2 is 1.85 bits per heavy atom. The third kappa shape index (κ3) is 1.93. The molecule has 1 unspecified atom stereocenters. The van der Waals surface area contributed by atoms with Crippen LogP contribution in [0.2, 0.25) is 0 Å². The zero-order valence-corrected chi connectivity index (χ0v) is 11.1. The second-order valence-corrected chi connectivity index (χ2v) is 5.15. The molecule has 0 saturated carbocycles. The van der Waals surface area contributed by atoms with Crippen LogP contribution in [0.4, 0.5) is 17.1 Å². The van der Waals surface area contributed by atoms with Crippen LogP contribution in [-0.4, -0.2) is 19.7 Å². The van der Waals surface area contributed by atoms with Crippen molar-refractivity contribution in [1.82, 2.24) is 0 Å². The summed E-state index contributed by atoms with van der Waals surface area (Å²) in [4.78, 5) is 0. The zero-order chi connectivity index (χ0) is 13.4. The Morgan fingerprint density at radius 1 is 0.950 bits per heavy atom. The standard InChI is InChI=1S/C16H17N3O/c1-2-4-13-12(3-1)18-10-15(19-13)11-5-6-16-14(9-11)17-7-8-20-16/h1-6,9,15,17-19H,7-8,10H2. The average Bonchev–Trinajstić information content (AvgIpc) is 2.54. The molecule has 2 heterocycles. The van der Waals surface area contributed by atoms with Gasteiger partial charge in [0.25, 0.3) is 0 Å². The summed E-state index contributed by atoms with van der Waals surface area (Å²) in [6, 6.07) is 15.0. The molecule has 0 fully saturated rings. The maximum Gasteiger partial charge on any atom is 0.142 e. The summed E-state index contributed by atoms with van der Waals surface area (Å²) >= 11 is 0. The predicted molar refractivity (Wildman–Crippen MR) is 81.7 cm³/mol. The average molecular weight is 267 g/mol. The van der Waals surface area contributed by atoms with Gasteiger partial charge in [-0.15, -0.1) is 0 Å². The van der Waals surface area contributed by atoms with Gasteiger partial charge in [-0.25, -0.2) is 0 Å². The van der Waals surface area contributed by atoms with E-state index in [9.17, 15) is 0 Å². The number of hydrogen-bond donors (Lipinski definition) is 3. The summed E-state index contributed by atoms with van der Waals surface area (Å²) in [6.45, 7) is 2.50. The van der Waals surface area contributed by atoms with Crippen molar-refractivity contribution in [1.29, 1.82) is 0 Å². The Kier molecular flexibility index (Phi) is 2.66. The predicted octanol–water partition coefficient (Wildman–Crippen LogP) is 3.07. The molecule has 2 aromatic carbocycles. The second-order valence-electron chi connectivity index (χ2n) is 5.15. The summed E-state index contributed by atoms with van der Waals surface area (Å²) in [5.41, 5.74) is 4.69. The first kappa shape index (κ1) is 11.5. The Morgan fingerprint density at radius 3 is 2.80 bits per heavy atom.